The van der Waals surface area contributed by atoms with Crippen molar-refractivity contribution in [2.24, 2.45) is 0 Å². The number of aromatic nitrogens is 2. The fraction of sp³-hybridized carbons (Fsp3) is 0.182. The first kappa shape index (κ1) is 19.0. The number of amides is 1. The molecule has 1 amide bonds. The Balaban J connectivity index is 1.46. The van der Waals surface area contributed by atoms with Gasteiger partial charge in [0.1, 0.15) is 11.5 Å². The largest absolute Gasteiger partial charge is 0.497 e. The van der Waals surface area contributed by atoms with E-state index < -0.39 is 0 Å². The lowest BCUT2D eigenvalue weighted by molar-refractivity contribution is -0.120. The van der Waals surface area contributed by atoms with Gasteiger partial charge in [-0.05, 0) is 29.8 Å². The number of rotatable bonds is 7. The van der Waals surface area contributed by atoms with Crippen LogP contribution in [0.4, 0.5) is 0 Å². The van der Waals surface area contributed by atoms with E-state index in [2.05, 4.69) is 10.3 Å². The Morgan fingerprint density at radius 1 is 1.10 bits per heavy atom. The predicted molar refractivity (Wildman–Crippen MR) is 114 cm³/mol. The molecule has 0 fully saturated rings. The van der Waals surface area contributed by atoms with Crippen molar-refractivity contribution in [3.8, 4) is 22.8 Å². The molecule has 0 spiro atoms. The minimum absolute atomic E-state index is 0.0378. The van der Waals surface area contributed by atoms with E-state index in [0.717, 1.165) is 39.0 Å². The molecule has 0 atom stereocenters. The van der Waals surface area contributed by atoms with Gasteiger partial charge in [-0.2, -0.15) is 0 Å². The highest BCUT2D eigenvalue weighted by atomic mass is 32.1. The number of nitrogens with one attached hydrogen (secondary N) is 1. The predicted octanol–water partition coefficient (Wildman–Crippen LogP) is 3.94. The van der Waals surface area contributed by atoms with Crippen LogP contribution in [0.5, 0.6) is 11.5 Å². The standard InChI is InChI=1S/C22H21N3O3S/c1-27-18-7-3-5-15(9-18)12-23-21(26)11-17-14-29-22-24-20(13-25(17)22)16-6-4-8-19(10-16)28-2/h3-10,13-14H,11-12H2,1-2H3,(H,23,26). The summed E-state index contributed by atoms with van der Waals surface area (Å²) in [5.74, 6) is 1.53. The maximum atomic E-state index is 12.5. The van der Waals surface area contributed by atoms with Crippen molar-refractivity contribution in [3.63, 3.8) is 0 Å². The molecule has 29 heavy (non-hydrogen) atoms. The van der Waals surface area contributed by atoms with Gasteiger partial charge in [0.25, 0.3) is 0 Å². The van der Waals surface area contributed by atoms with Crippen molar-refractivity contribution < 1.29 is 14.3 Å². The number of carbonyl (C=O) groups excluding carboxylic acids is 1. The van der Waals surface area contributed by atoms with Crippen LogP contribution >= 0.6 is 11.3 Å². The second-order valence-electron chi connectivity index (χ2n) is 6.54. The molecule has 2 heterocycles. The Morgan fingerprint density at radius 2 is 1.86 bits per heavy atom. The number of hydrogen-bond acceptors (Lipinski definition) is 5. The molecule has 0 radical (unpaired) electrons. The Bertz CT molecular complexity index is 1150. The average Bonchev–Trinajstić information content (AvgIpc) is 3.34. The monoisotopic (exact) mass is 407 g/mol. The highest BCUT2D eigenvalue weighted by molar-refractivity contribution is 7.15. The van der Waals surface area contributed by atoms with E-state index in [1.54, 1.807) is 14.2 Å². The van der Waals surface area contributed by atoms with Gasteiger partial charge in [0.05, 0.1) is 26.3 Å². The lowest BCUT2D eigenvalue weighted by Gasteiger charge is -2.07. The minimum Gasteiger partial charge on any atom is -0.497 e. The molecule has 148 valence electrons. The smallest absolute Gasteiger partial charge is 0.226 e. The van der Waals surface area contributed by atoms with Crippen molar-refractivity contribution in [1.82, 2.24) is 14.7 Å². The van der Waals surface area contributed by atoms with Crippen LogP contribution in [0.25, 0.3) is 16.2 Å². The zero-order valence-corrected chi connectivity index (χ0v) is 17.0. The van der Waals surface area contributed by atoms with E-state index in [1.165, 1.54) is 11.3 Å². The molecule has 4 rings (SSSR count). The third-order valence-corrected chi connectivity index (χ3v) is 5.50. The number of benzene rings is 2. The molecule has 0 aliphatic heterocycles. The van der Waals surface area contributed by atoms with Crippen LogP contribution < -0.4 is 14.8 Å². The number of carbonyl (C=O) groups is 1. The van der Waals surface area contributed by atoms with Gasteiger partial charge >= 0.3 is 0 Å². The molecule has 0 bridgehead atoms. The number of fused-ring (bicyclic) bond motifs is 1. The maximum absolute atomic E-state index is 12.5. The van der Waals surface area contributed by atoms with E-state index in [0.29, 0.717) is 6.54 Å². The topological polar surface area (TPSA) is 64.9 Å². The third-order valence-electron chi connectivity index (χ3n) is 4.61. The number of nitrogens with zero attached hydrogens (tertiary/aromatic N) is 2. The molecule has 6 nitrogen and oxygen atoms in total. The van der Waals surface area contributed by atoms with Gasteiger partial charge in [0.15, 0.2) is 4.96 Å². The Morgan fingerprint density at radius 3 is 2.66 bits per heavy atom. The van der Waals surface area contributed by atoms with Crippen LogP contribution in [0.1, 0.15) is 11.3 Å². The van der Waals surface area contributed by atoms with Gasteiger partial charge in [0, 0.05) is 29.4 Å². The van der Waals surface area contributed by atoms with E-state index in [9.17, 15) is 4.79 Å². The number of thiazole rings is 1. The van der Waals surface area contributed by atoms with Crippen LogP contribution in [-0.4, -0.2) is 29.5 Å². The summed E-state index contributed by atoms with van der Waals surface area (Å²) in [5.41, 5.74) is 3.74. The zero-order valence-electron chi connectivity index (χ0n) is 16.2. The Labute approximate surface area is 172 Å². The number of hydrogen-bond donors (Lipinski definition) is 1. The van der Waals surface area contributed by atoms with Crippen molar-refractivity contribution in [3.05, 3.63) is 71.4 Å². The molecule has 2 aromatic carbocycles. The average molecular weight is 407 g/mol. The fourth-order valence-electron chi connectivity index (χ4n) is 3.09. The first-order chi connectivity index (χ1) is 14.2. The Hall–Kier alpha value is -3.32. The van der Waals surface area contributed by atoms with E-state index in [-0.39, 0.29) is 12.3 Å². The first-order valence-electron chi connectivity index (χ1n) is 9.16. The van der Waals surface area contributed by atoms with Gasteiger partial charge in [-0.25, -0.2) is 4.98 Å². The second kappa shape index (κ2) is 8.36. The molecule has 7 heteroatoms. The second-order valence-corrected chi connectivity index (χ2v) is 7.38. The third kappa shape index (κ3) is 4.25. The summed E-state index contributed by atoms with van der Waals surface area (Å²) in [4.78, 5) is 18.0. The lowest BCUT2D eigenvalue weighted by Crippen LogP contribution is -2.25. The summed E-state index contributed by atoms with van der Waals surface area (Å²) in [7, 11) is 3.28. The number of methoxy groups -OCH3 is 2. The summed E-state index contributed by atoms with van der Waals surface area (Å²) >= 11 is 1.52. The molecule has 1 N–H and O–H groups in total. The van der Waals surface area contributed by atoms with Crippen LogP contribution in [0.15, 0.2) is 60.1 Å². The molecule has 0 saturated carbocycles. The first-order valence-corrected chi connectivity index (χ1v) is 10.0. The minimum atomic E-state index is -0.0378. The molecular formula is C22H21N3O3S. The summed E-state index contributed by atoms with van der Waals surface area (Å²) < 4.78 is 12.5. The molecule has 2 aromatic heterocycles. The molecule has 4 aromatic rings. The van der Waals surface area contributed by atoms with Crippen LogP contribution in [0.3, 0.4) is 0 Å². The molecule has 0 aliphatic rings. The van der Waals surface area contributed by atoms with E-state index >= 15 is 0 Å². The maximum Gasteiger partial charge on any atom is 0.226 e. The highest BCUT2D eigenvalue weighted by Gasteiger charge is 2.13. The molecule has 0 saturated heterocycles. The van der Waals surface area contributed by atoms with Crippen molar-refractivity contribution in [2.75, 3.05) is 14.2 Å². The van der Waals surface area contributed by atoms with Gasteiger partial charge < -0.3 is 14.8 Å². The SMILES string of the molecule is COc1cccc(CNC(=O)Cc2csc3nc(-c4cccc(OC)c4)cn23)c1. The van der Waals surface area contributed by atoms with E-state index in [4.69, 9.17) is 9.47 Å². The van der Waals surface area contributed by atoms with Crippen LogP contribution in [-0.2, 0) is 17.8 Å². The Kier molecular flexibility index (Phi) is 5.48. The normalized spacial score (nSPS) is 10.8. The van der Waals surface area contributed by atoms with Crippen molar-refractivity contribution in [1.29, 1.82) is 0 Å². The molecule has 0 unspecified atom stereocenters. The van der Waals surface area contributed by atoms with Gasteiger partial charge in [-0.1, -0.05) is 24.3 Å². The summed E-state index contributed by atoms with van der Waals surface area (Å²) in [5, 5.41) is 4.94. The highest BCUT2D eigenvalue weighted by Crippen LogP contribution is 2.26. The van der Waals surface area contributed by atoms with Gasteiger partial charge in [-0.3, -0.25) is 9.20 Å². The fourth-order valence-corrected chi connectivity index (χ4v) is 3.96. The quantitative estimate of drug-likeness (QED) is 0.504. The van der Waals surface area contributed by atoms with E-state index in [1.807, 2.05) is 64.5 Å². The zero-order chi connectivity index (χ0) is 20.2. The van der Waals surface area contributed by atoms with Crippen LogP contribution in [0.2, 0.25) is 0 Å². The van der Waals surface area contributed by atoms with Gasteiger partial charge in [0.2, 0.25) is 5.91 Å². The lowest BCUT2D eigenvalue weighted by atomic mass is 10.1. The van der Waals surface area contributed by atoms with Gasteiger partial charge in [-0.15, -0.1) is 11.3 Å². The van der Waals surface area contributed by atoms with Crippen molar-refractivity contribution in [2.45, 2.75) is 13.0 Å². The van der Waals surface area contributed by atoms with Crippen LogP contribution in [0, 0.1) is 0 Å². The number of imidazole rings is 1. The molecule has 0 aliphatic carbocycles. The number of ether oxygens (including phenoxy) is 2. The summed E-state index contributed by atoms with van der Waals surface area (Å²) in [6.07, 6.45) is 2.25. The summed E-state index contributed by atoms with van der Waals surface area (Å²) in [6.45, 7) is 0.461. The molecular weight excluding hydrogens is 386 g/mol. The van der Waals surface area contributed by atoms with Crippen molar-refractivity contribution >= 4 is 22.2 Å². The summed E-state index contributed by atoms with van der Waals surface area (Å²) in [6, 6.07) is 15.5.